The van der Waals surface area contributed by atoms with Crippen LogP contribution in [-0.4, -0.2) is 17.4 Å². The maximum Gasteiger partial charge on any atom is 0.231 e. The Morgan fingerprint density at radius 2 is 2.13 bits per heavy atom. The fourth-order valence-electron chi connectivity index (χ4n) is 1.47. The van der Waals surface area contributed by atoms with E-state index in [0.717, 1.165) is 17.2 Å². The number of hydrogen-bond donors (Lipinski definition) is 2. The van der Waals surface area contributed by atoms with Gasteiger partial charge in [0.15, 0.2) is 0 Å². The molecule has 0 bridgehead atoms. The van der Waals surface area contributed by atoms with Crippen LogP contribution < -0.4 is 10.6 Å². The van der Waals surface area contributed by atoms with Crippen molar-refractivity contribution in [2.24, 2.45) is 5.41 Å². The van der Waals surface area contributed by atoms with Gasteiger partial charge in [0.1, 0.15) is 5.82 Å². The third kappa shape index (κ3) is 1.79. The van der Waals surface area contributed by atoms with Crippen molar-refractivity contribution in [3.63, 3.8) is 0 Å². The van der Waals surface area contributed by atoms with E-state index in [9.17, 15) is 4.79 Å². The molecule has 4 nitrogen and oxygen atoms in total. The van der Waals surface area contributed by atoms with Crippen molar-refractivity contribution < 1.29 is 4.79 Å². The Hall–Kier alpha value is -1.58. The van der Waals surface area contributed by atoms with Crippen LogP contribution in [0.5, 0.6) is 0 Å². The van der Waals surface area contributed by atoms with E-state index in [4.69, 9.17) is 0 Å². The smallest absolute Gasteiger partial charge is 0.231 e. The lowest BCUT2D eigenvalue weighted by atomic mass is 9.93. The Bertz CT molecular complexity index is 412. The maximum absolute atomic E-state index is 11.8. The van der Waals surface area contributed by atoms with Gasteiger partial charge in [0, 0.05) is 12.2 Å². The van der Waals surface area contributed by atoms with Crippen molar-refractivity contribution in [1.82, 2.24) is 4.98 Å². The molecule has 80 valence electrons. The number of hydrogen-bond acceptors (Lipinski definition) is 3. The van der Waals surface area contributed by atoms with Gasteiger partial charge in [0.25, 0.3) is 0 Å². The summed E-state index contributed by atoms with van der Waals surface area (Å²) < 4.78 is 0. The number of anilines is 2. The summed E-state index contributed by atoms with van der Waals surface area (Å²) in [4.78, 5) is 16.2. The molecular weight excluding hydrogens is 190 g/mol. The molecule has 0 radical (unpaired) electrons. The van der Waals surface area contributed by atoms with Crippen LogP contribution in [0.15, 0.2) is 12.1 Å². The molecule has 2 N–H and O–H groups in total. The monoisotopic (exact) mass is 205 g/mol. The van der Waals surface area contributed by atoms with Crippen LogP contribution in [0.2, 0.25) is 0 Å². The predicted octanol–water partition coefficient (Wildman–Crippen LogP) is 1.78. The van der Waals surface area contributed by atoms with Crippen molar-refractivity contribution in [3.8, 4) is 0 Å². The van der Waals surface area contributed by atoms with E-state index >= 15 is 0 Å². The summed E-state index contributed by atoms with van der Waals surface area (Å²) in [6, 6.07) is 3.77. The zero-order valence-corrected chi connectivity index (χ0v) is 9.22. The topological polar surface area (TPSA) is 54.0 Å². The molecule has 1 amide bonds. The van der Waals surface area contributed by atoms with E-state index in [-0.39, 0.29) is 5.91 Å². The molecule has 2 rings (SSSR count). The first-order valence-corrected chi connectivity index (χ1v) is 5.02. The summed E-state index contributed by atoms with van der Waals surface area (Å²) >= 11 is 0. The van der Waals surface area contributed by atoms with Gasteiger partial charge in [-0.2, -0.15) is 0 Å². The van der Waals surface area contributed by atoms with E-state index in [1.54, 1.807) is 0 Å². The SMILES string of the molecule is Cc1ccc2c(n1)NCC(C)(C)C(=O)N2. The summed E-state index contributed by atoms with van der Waals surface area (Å²) in [5.74, 6) is 0.785. The van der Waals surface area contributed by atoms with Crippen molar-refractivity contribution in [3.05, 3.63) is 17.8 Å². The molecular formula is C11H15N3O. The lowest BCUT2D eigenvalue weighted by Gasteiger charge is -2.19. The average Bonchev–Trinajstić information content (AvgIpc) is 2.27. The molecule has 0 fully saturated rings. The minimum absolute atomic E-state index is 0.0272. The molecule has 15 heavy (non-hydrogen) atoms. The molecule has 1 aromatic heterocycles. The zero-order valence-electron chi connectivity index (χ0n) is 9.22. The Labute approximate surface area is 89.1 Å². The molecule has 4 heteroatoms. The van der Waals surface area contributed by atoms with Gasteiger partial charge in [-0.1, -0.05) is 0 Å². The van der Waals surface area contributed by atoms with E-state index in [1.807, 2.05) is 32.9 Å². The standard InChI is InChI=1S/C11H15N3O/c1-7-4-5-8-9(13-7)12-6-11(2,3)10(15)14-8/h4-5H,6H2,1-3H3,(H,12,13)(H,14,15). The van der Waals surface area contributed by atoms with Gasteiger partial charge in [-0.15, -0.1) is 0 Å². The molecule has 2 heterocycles. The van der Waals surface area contributed by atoms with Crippen molar-refractivity contribution in [2.75, 3.05) is 17.2 Å². The molecule has 1 aliphatic heterocycles. The molecule has 0 aliphatic carbocycles. The number of amides is 1. The van der Waals surface area contributed by atoms with Crippen molar-refractivity contribution in [2.45, 2.75) is 20.8 Å². The van der Waals surface area contributed by atoms with Gasteiger partial charge in [-0.3, -0.25) is 4.79 Å². The van der Waals surface area contributed by atoms with Crippen LogP contribution in [0.25, 0.3) is 0 Å². The van der Waals surface area contributed by atoms with E-state index in [1.165, 1.54) is 0 Å². The van der Waals surface area contributed by atoms with Crippen LogP contribution in [0.3, 0.4) is 0 Å². The second kappa shape index (κ2) is 3.22. The normalized spacial score (nSPS) is 18.5. The lowest BCUT2D eigenvalue weighted by Crippen LogP contribution is -2.34. The van der Waals surface area contributed by atoms with E-state index < -0.39 is 5.41 Å². The Morgan fingerprint density at radius 1 is 1.40 bits per heavy atom. The van der Waals surface area contributed by atoms with Gasteiger partial charge in [0.05, 0.1) is 11.1 Å². The largest absolute Gasteiger partial charge is 0.367 e. The molecule has 0 atom stereocenters. The van der Waals surface area contributed by atoms with E-state index in [2.05, 4.69) is 15.6 Å². The highest BCUT2D eigenvalue weighted by Crippen LogP contribution is 2.28. The predicted molar refractivity (Wildman–Crippen MR) is 59.9 cm³/mol. The van der Waals surface area contributed by atoms with E-state index in [0.29, 0.717) is 6.54 Å². The summed E-state index contributed by atoms with van der Waals surface area (Å²) in [5, 5.41) is 6.07. The first-order chi connectivity index (χ1) is 6.99. The van der Waals surface area contributed by atoms with Crippen molar-refractivity contribution in [1.29, 1.82) is 0 Å². The Kier molecular flexibility index (Phi) is 2.14. The molecule has 1 aromatic rings. The molecule has 0 spiro atoms. The van der Waals surface area contributed by atoms with Gasteiger partial charge < -0.3 is 10.6 Å². The number of carbonyl (C=O) groups is 1. The number of nitrogens with one attached hydrogen (secondary N) is 2. The minimum Gasteiger partial charge on any atom is -0.367 e. The number of pyridine rings is 1. The van der Waals surface area contributed by atoms with Crippen LogP contribution in [-0.2, 0) is 4.79 Å². The molecule has 0 aromatic carbocycles. The second-order valence-electron chi connectivity index (χ2n) is 4.54. The molecule has 0 unspecified atom stereocenters. The maximum atomic E-state index is 11.8. The number of rotatable bonds is 0. The highest BCUT2D eigenvalue weighted by atomic mass is 16.2. The first kappa shape index (κ1) is 9.96. The van der Waals surface area contributed by atoms with Gasteiger partial charge in [0.2, 0.25) is 5.91 Å². The van der Waals surface area contributed by atoms with Crippen LogP contribution in [0, 0.1) is 12.3 Å². The first-order valence-electron chi connectivity index (χ1n) is 5.02. The fraction of sp³-hybridized carbons (Fsp3) is 0.455. The number of carbonyl (C=O) groups excluding carboxylic acids is 1. The molecule has 0 saturated heterocycles. The lowest BCUT2D eigenvalue weighted by molar-refractivity contribution is -0.123. The van der Waals surface area contributed by atoms with Crippen LogP contribution in [0.4, 0.5) is 11.5 Å². The molecule has 1 aliphatic rings. The number of aromatic nitrogens is 1. The number of nitrogens with zero attached hydrogens (tertiary/aromatic N) is 1. The zero-order chi connectivity index (χ0) is 11.1. The van der Waals surface area contributed by atoms with Crippen LogP contribution >= 0.6 is 0 Å². The number of fused-ring (bicyclic) bond motifs is 1. The highest BCUT2D eigenvalue weighted by molar-refractivity contribution is 5.98. The summed E-state index contributed by atoms with van der Waals surface area (Å²) in [7, 11) is 0. The van der Waals surface area contributed by atoms with Gasteiger partial charge in [-0.25, -0.2) is 4.98 Å². The minimum atomic E-state index is -0.408. The summed E-state index contributed by atoms with van der Waals surface area (Å²) in [6.07, 6.45) is 0. The third-order valence-corrected chi connectivity index (χ3v) is 2.60. The Balaban J connectivity index is 2.40. The fourth-order valence-corrected chi connectivity index (χ4v) is 1.47. The van der Waals surface area contributed by atoms with Crippen LogP contribution in [0.1, 0.15) is 19.5 Å². The highest BCUT2D eigenvalue weighted by Gasteiger charge is 2.31. The molecule has 0 saturated carbocycles. The number of aryl methyl sites for hydroxylation is 1. The Morgan fingerprint density at radius 3 is 2.87 bits per heavy atom. The quantitative estimate of drug-likeness (QED) is 0.678. The average molecular weight is 205 g/mol. The third-order valence-electron chi connectivity index (χ3n) is 2.60. The van der Waals surface area contributed by atoms with Crippen molar-refractivity contribution >= 4 is 17.4 Å². The van der Waals surface area contributed by atoms with Gasteiger partial charge in [-0.05, 0) is 32.9 Å². The van der Waals surface area contributed by atoms with Gasteiger partial charge >= 0.3 is 0 Å². The second-order valence-corrected chi connectivity index (χ2v) is 4.54. The summed E-state index contributed by atoms with van der Waals surface area (Å²) in [5.41, 5.74) is 1.29. The summed E-state index contributed by atoms with van der Waals surface area (Å²) in [6.45, 7) is 6.35.